The zero-order chi connectivity index (χ0) is 17.7. The van der Waals surface area contributed by atoms with Gasteiger partial charge in [-0.05, 0) is 31.2 Å². The minimum atomic E-state index is 0.662. The van der Waals surface area contributed by atoms with Crippen LogP contribution in [0, 0.1) is 6.92 Å². The molecule has 0 saturated carbocycles. The number of fused-ring (bicyclic) bond motifs is 3. The molecule has 0 spiro atoms. The van der Waals surface area contributed by atoms with E-state index in [1.807, 2.05) is 41.1 Å². The first kappa shape index (κ1) is 15.2. The van der Waals surface area contributed by atoms with Gasteiger partial charge >= 0.3 is 0 Å². The predicted molar refractivity (Wildman–Crippen MR) is 103 cm³/mol. The fraction of sp³-hybridized carbons (Fsp3) is 0.0526. The fourth-order valence-electron chi connectivity index (χ4n) is 2.92. The summed E-state index contributed by atoms with van der Waals surface area (Å²) in [5, 5.41) is 9.92. The van der Waals surface area contributed by atoms with Crippen molar-refractivity contribution in [2.45, 2.75) is 6.92 Å². The van der Waals surface area contributed by atoms with Crippen LogP contribution in [-0.2, 0) is 0 Å². The molecule has 3 heterocycles. The Hall–Kier alpha value is -3.06. The molecule has 0 aliphatic carbocycles. The third kappa shape index (κ3) is 2.40. The second kappa shape index (κ2) is 5.74. The molecule has 0 aliphatic heterocycles. The molecular weight excluding hydrogens is 392 g/mol. The Morgan fingerprint density at radius 1 is 0.923 bits per heavy atom. The quantitative estimate of drug-likeness (QED) is 0.442. The van der Waals surface area contributed by atoms with Crippen LogP contribution in [-0.4, -0.2) is 29.4 Å². The van der Waals surface area contributed by atoms with Gasteiger partial charge in [0.1, 0.15) is 6.33 Å². The predicted octanol–water partition coefficient (Wildman–Crippen LogP) is 4.20. The van der Waals surface area contributed by atoms with E-state index in [4.69, 9.17) is 4.98 Å². The number of hydrogen-bond acceptors (Lipinski definition) is 4. The highest BCUT2D eigenvalue weighted by Gasteiger charge is 2.14. The van der Waals surface area contributed by atoms with Crippen LogP contribution in [0.3, 0.4) is 0 Å². The van der Waals surface area contributed by atoms with E-state index in [1.54, 1.807) is 17.0 Å². The third-order valence-corrected chi connectivity index (χ3v) is 4.82. The van der Waals surface area contributed by atoms with Crippen molar-refractivity contribution < 1.29 is 0 Å². The van der Waals surface area contributed by atoms with E-state index in [1.165, 1.54) is 5.56 Å². The molecule has 0 radical (unpaired) electrons. The van der Waals surface area contributed by atoms with Gasteiger partial charge in [-0.1, -0.05) is 45.8 Å². The highest BCUT2D eigenvalue weighted by Crippen LogP contribution is 2.23. The molecule has 0 saturated heterocycles. The molecule has 3 aromatic heterocycles. The van der Waals surface area contributed by atoms with Crippen molar-refractivity contribution in [3.05, 3.63) is 71.1 Å². The van der Waals surface area contributed by atoms with E-state index in [2.05, 4.69) is 50.2 Å². The number of halogens is 1. The lowest BCUT2D eigenvalue weighted by atomic mass is 10.2. The van der Waals surface area contributed by atoms with Crippen molar-refractivity contribution in [1.29, 1.82) is 0 Å². The molecule has 126 valence electrons. The monoisotopic (exact) mass is 404 g/mol. The summed E-state index contributed by atoms with van der Waals surface area (Å²) in [4.78, 5) is 9.25. The SMILES string of the molecule is Cc1ccc(-n2ncc3c2ncn2nc(-c4ccc(Br)cc4)nc32)cc1. The standard InChI is InChI=1S/C19H13BrN6/c1-12-2-8-15(9-3-12)26-18-16(10-22-26)19-23-17(24-25(19)11-21-18)13-4-6-14(20)7-5-13/h2-11H,1H3. The van der Waals surface area contributed by atoms with Gasteiger partial charge < -0.3 is 0 Å². The van der Waals surface area contributed by atoms with Crippen LogP contribution < -0.4 is 0 Å². The van der Waals surface area contributed by atoms with Crippen LogP contribution in [0.15, 0.2) is 65.5 Å². The van der Waals surface area contributed by atoms with Gasteiger partial charge in [-0.3, -0.25) is 0 Å². The molecule has 0 bridgehead atoms. The summed E-state index contributed by atoms with van der Waals surface area (Å²) in [7, 11) is 0. The molecule has 0 aliphatic rings. The average Bonchev–Trinajstić information content (AvgIpc) is 3.26. The Labute approximate surface area is 157 Å². The van der Waals surface area contributed by atoms with E-state index >= 15 is 0 Å². The van der Waals surface area contributed by atoms with E-state index < -0.39 is 0 Å². The van der Waals surface area contributed by atoms with Gasteiger partial charge in [0.2, 0.25) is 0 Å². The largest absolute Gasteiger partial charge is 0.216 e. The van der Waals surface area contributed by atoms with Gasteiger partial charge in [0.05, 0.1) is 17.3 Å². The van der Waals surface area contributed by atoms with Gasteiger partial charge in [-0.2, -0.15) is 5.10 Å². The number of aromatic nitrogens is 6. The first-order valence-corrected chi connectivity index (χ1v) is 8.90. The molecule has 0 unspecified atom stereocenters. The molecule has 5 rings (SSSR count). The topological polar surface area (TPSA) is 60.9 Å². The van der Waals surface area contributed by atoms with Gasteiger partial charge in [0, 0.05) is 10.0 Å². The van der Waals surface area contributed by atoms with Crippen LogP contribution in [0.1, 0.15) is 5.56 Å². The maximum Gasteiger partial charge on any atom is 0.182 e. The maximum absolute atomic E-state index is 4.71. The second-order valence-corrected chi connectivity index (χ2v) is 7.00. The molecule has 2 aromatic carbocycles. The van der Waals surface area contributed by atoms with Gasteiger partial charge in [0.25, 0.3) is 0 Å². The van der Waals surface area contributed by atoms with Crippen molar-refractivity contribution in [3.8, 4) is 17.1 Å². The average molecular weight is 405 g/mol. The first-order valence-electron chi connectivity index (χ1n) is 8.11. The van der Waals surface area contributed by atoms with E-state index in [9.17, 15) is 0 Å². The van der Waals surface area contributed by atoms with Crippen LogP contribution in [0.5, 0.6) is 0 Å². The molecule has 0 fully saturated rings. The highest BCUT2D eigenvalue weighted by atomic mass is 79.9. The summed E-state index contributed by atoms with van der Waals surface area (Å²) >= 11 is 3.45. The van der Waals surface area contributed by atoms with E-state index in [0.29, 0.717) is 5.82 Å². The summed E-state index contributed by atoms with van der Waals surface area (Å²) in [6.07, 6.45) is 3.47. The lowest BCUT2D eigenvalue weighted by Gasteiger charge is -2.03. The zero-order valence-electron chi connectivity index (χ0n) is 13.8. The highest BCUT2D eigenvalue weighted by molar-refractivity contribution is 9.10. The minimum Gasteiger partial charge on any atom is -0.216 e. The Morgan fingerprint density at radius 3 is 2.46 bits per heavy atom. The molecule has 0 amide bonds. The van der Waals surface area contributed by atoms with Gasteiger partial charge in [0.15, 0.2) is 17.1 Å². The molecule has 0 N–H and O–H groups in total. The molecule has 5 aromatic rings. The number of rotatable bonds is 2. The second-order valence-electron chi connectivity index (χ2n) is 6.08. The first-order chi connectivity index (χ1) is 12.7. The maximum atomic E-state index is 4.71. The zero-order valence-corrected chi connectivity index (χ0v) is 15.4. The van der Waals surface area contributed by atoms with Crippen molar-refractivity contribution >= 4 is 32.6 Å². The number of hydrogen-bond donors (Lipinski definition) is 0. The van der Waals surface area contributed by atoms with Crippen LogP contribution in [0.2, 0.25) is 0 Å². The molecule has 26 heavy (non-hydrogen) atoms. The number of nitrogens with zero attached hydrogens (tertiary/aromatic N) is 6. The molecule has 6 nitrogen and oxygen atoms in total. The fourth-order valence-corrected chi connectivity index (χ4v) is 3.18. The van der Waals surface area contributed by atoms with Crippen LogP contribution in [0.4, 0.5) is 0 Å². The minimum absolute atomic E-state index is 0.662. The smallest absolute Gasteiger partial charge is 0.182 e. The Kier molecular flexibility index (Phi) is 3.36. The summed E-state index contributed by atoms with van der Waals surface area (Å²) in [5.41, 5.74) is 4.63. The Bertz CT molecular complexity index is 1240. The summed E-state index contributed by atoms with van der Waals surface area (Å²) in [5.74, 6) is 0.662. The van der Waals surface area contributed by atoms with Crippen molar-refractivity contribution in [1.82, 2.24) is 29.4 Å². The third-order valence-electron chi connectivity index (χ3n) is 4.29. The molecular formula is C19H13BrN6. The summed E-state index contributed by atoms with van der Waals surface area (Å²) in [6, 6.07) is 16.1. The number of aryl methyl sites for hydroxylation is 1. The normalized spacial score (nSPS) is 11.5. The van der Waals surface area contributed by atoms with Crippen LogP contribution in [0.25, 0.3) is 33.8 Å². The Balaban J connectivity index is 1.68. The van der Waals surface area contributed by atoms with Crippen molar-refractivity contribution in [2.75, 3.05) is 0 Å². The summed E-state index contributed by atoms with van der Waals surface area (Å²) in [6.45, 7) is 2.06. The van der Waals surface area contributed by atoms with Gasteiger partial charge in [-0.25, -0.2) is 19.2 Å². The summed E-state index contributed by atoms with van der Waals surface area (Å²) < 4.78 is 4.54. The number of benzene rings is 2. The van der Waals surface area contributed by atoms with Crippen molar-refractivity contribution in [2.24, 2.45) is 0 Å². The van der Waals surface area contributed by atoms with Crippen LogP contribution >= 0.6 is 15.9 Å². The van der Waals surface area contributed by atoms with E-state index in [-0.39, 0.29) is 0 Å². The van der Waals surface area contributed by atoms with Gasteiger partial charge in [-0.15, -0.1) is 5.10 Å². The lowest BCUT2D eigenvalue weighted by molar-refractivity contribution is 0.882. The Morgan fingerprint density at radius 2 is 1.69 bits per heavy atom. The van der Waals surface area contributed by atoms with Crippen molar-refractivity contribution in [3.63, 3.8) is 0 Å². The molecule has 7 heteroatoms. The van der Waals surface area contributed by atoms with E-state index in [0.717, 1.165) is 32.4 Å². The lowest BCUT2D eigenvalue weighted by Crippen LogP contribution is -1.98. The molecule has 0 atom stereocenters.